The molecule has 1 aliphatic rings. The molecule has 0 aromatic carbocycles. The molecule has 1 fully saturated rings. The Hall–Kier alpha value is -3.53. The van der Waals surface area contributed by atoms with Crippen molar-refractivity contribution in [1.29, 1.82) is 0 Å². The van der Waals surface area contributed by atoms with Crippen LogP contribution in [0, 0.1) is 0 Å². The molecular weight excluding hydrogens is 384 g/mol. The standard InChI is InChI=1S/C20H22N8O2/c1-30-11-10-27-14-23-18-19(21-13-22-20(18)27)26-8-6-25(7-9-26)16-12-17(29)28-5-3-2-4-15(28)24-16/h2-5,12-14H,6-11H2,1H3. The van der Waals surface area contributed by atoms with Crippen molar-refractivity contribution in [3.05, 3.63) is 53.5 Å². The third kappa shape index (κ3) is 3.24. The molecule has 0 saturated carbocycles. The SMILES string of the molecule is COCCn1cnc2c(N3CCN(c4cc(=O)n5ccccc5n4)CC3)ncnc21. The molecule has 0 radical (unpaired) electrons. The van der Waals surface area contributed by atoms with Gasteiger partial charge in [-0.3, -0.25) is 9.20 Å². The van der Waals surface area contributed by atoms with Gasteiger partial charge in [0.2, 0.25) is 0 Å². The van der Waals surface area contributed by atoms with E-state index in [2.05, 4.69) is 29.7 Å². The number of hydrogen-bond donors (Lipinski definition) is 0. The fourth-order valence-electron chi connectivity index (χ4n) is 3.80. The Labute approximate surface area is 172 Å². The second-order valence-corrected chi connectivity index (χ2v) is 7.16. The van der Waals surface area contributed by atoms with Crippen LogP contribution in [0.1, 0.15) is 0 Å². The van der Waals surface area contributed by atoms with E-state index in [1.165, 1.54) is 0 Å². The maximum atomic E-state index is 12.4. The van der Waals surface area contributed by atoms with Gasteiger partial charge in [0.15, 0.2) is 17.0 Å². The van der Waals surface area contributed by atoms with Crippen molar-refractivity contribution in [3.63, 3.8) is 0 Å². The summed E-state index contributed by atoms with van der Waals surface area (Å²) in [4.78, 5) is 34.8. The summed E-state index contributed by atoms with van der Waals surface area (Å²) in [5.41, 5.74) is 2.19. The van der Waals surface area contributed by atoms with Gasteiger partial charge in [-0.1, -0.05) is 6.07 Å². The van der Waals surface area contributed by atoms with Gasteiger partial charge >= 0.3 is 0 Å². The average Bonchev–Trinajstić information content (AvgIpc) is 3.21. The summed E-state index contributed by atoms with van der Waals surface area (Å²) >= 11 is 0. The third-order valence-corrected chi connectivity index (χ3v) is 5.38. The maximum Gasteiger partial charge on any atom is 0.259 e. The van der Waals surface area contributed by atoms with Crippen molar-refractivity contribution in [2.24, 2.45) is 0 Å². The first-order valence-corrected chi connectivity index (χ1v) is 9.88. The second kappa shape index (κ2) is 7.71. The summed E-state index contributed by atoms with van der Waals surface area (Å²) in [6.45, 7) is 4.29. The lowest BCUT2D eigenvalue weighted by Gasteiger charge is -2.36. The summed E-state index contributed by atoms with van der Waals surface area (Å²) < 4.78 is 8.69. The number of aromatic nitrogens is 6. The van der Waals surface area contributed by atoms with E-state index in [1.54, 1.807) is 36.4 Å². The second-order valence-electron chi connectivity index (χ2n) is 7.16. The maximum absolute atomic E-state index is 12.4. The van der Waals surface area contributed by atoms with Crippen molar-refractivity contribution in [1.82, 2.24) is 28.9 Å². The number of methoxy groups -OCH3 is 1. The molecule has 154 valence electrons. The third-order valence-electron chi connectivity index (χ3n) is 5.38. The Balaban J connectivity index is 1.36. The number of imidazole rings is 1. The van der Waals surface area contributed by atoms with Crippen LogP contribution < -0.4 is 15.4 Å². The monoisotopic (exact) mass is 406 g/mol. The van der Waals surface area contributed by atoms with E-state index in [9.17, 15) is 4.79 Å². The van der Waals surface area contributed by atoms with Crippen LogP contribution >= 0.6 is 0 Å². The lowest BCUT2D eigenvalue weighted by atomic mass is 10.3. The van der Waals surface area contributed by atoms with Gasteiger partial charge in [0, 0.05) is 52.1 Å². The van der Waals surface area contributed by atoms with Crippen LogP contribution in [0.3, 0.4) is 0 Å². The molecule has 5 rings (SSSR count). The van der Waals surface area contributed by atoms with Crippen molar-refractivity contribution in [3.8, 4) is 0 Å². The van der Waals surface area contributed by atoms with Crippen LogP contribution in [-0.2, 0) is 11.3 Å². The number of anilines is 2. The van der Waals surface area contributed by atoms with Crippen LogP contribution in [-0.4, -0.2) is 68.8 Å². The van der Waals surface area contributed by atoms with E-state index in [1.807, 2.05) is 22.8 Å². The first-order valence-electron chi connectivity index (χ1n) is 9.88. The highest BCUT2D eigenvalue weighted by Gasteiger charge is 2.23. The number of rotatable bonds is 5. The Bertz CT molecular complexity index is 1240. The molecule has 0 amide bonds. The molecule has 0 bridgehead atoms. The van der Waals surface area contributed by atoms with E-state index in [-0.39, 0.29) is 5.56 Å². The molecule has 10 heteroatoms. The van der Waals surface area contributed by atoms with Gasteiger partial charge in [-0.05, 0) is 12.1 Å². The summed E-state index contributed by atoms with van der Waals surface area (Å²) in [6.07, 6.45) is 5.10. The zero-order chi connectivity index (χ0) is 20.5. The number of ether oxygens (including phenoxy) is 1. The summed E-state index contributed by atoms with van der Waals surface area (Å²) in [6, 6.07) is 7.16. The molecule has 5 heterocycles. The molecule has 0 atom stereocenters. The average molecular weight is 406 g/mol. The van der Waals surface area contributed by atoms with E-state index >= 15 is 0 Å². The number of nitrogens with zero attached hydrogens (tertiary/aromatic N) is 8. The predicted octanol–water partition coefficient (Wildman–Crippen LogP) is 0.807. The van der Waals surface area contributed by atoms with Gasteiger partial charge in [-0.2, -0.15) is 0 Å². The quantitative estimate of drug-likeness (QED) is 0.481. The molecule has 4 aromatic heterocycles. The number of fused-ring (bicyclic) bond motifs is 2. The minimum absolute atomic E-state index is 0.0721. The highest BCUT2D eigenvalue weighted by Crippen LogP contribution is 2.23. The number of hydrogen-bond acceptors (Lipinski definition) is 8. The van der Waals surface area contributed by atoms with Gasteiger partial charge in [-0.15, -0.1) is 0 Å². The Morgan fingerprint density at radius 2 is 1.90 bits per heavy atom. The summed E-state index contributed by atoms with van der Waals surface area (Å²) in [5.74, 6) is 1.55. The molecule has 0 spiro atoms. The molecule has 0 unspecified atom stereocenters. The summed E-state index contributed by atoms with van der Waals surface area (Å²) in [5, 5.41) is 0. The minimum atomic E-state index is -0.0721. The Morgan fingerprint density at radius 3 is 2.73 bits per heavy atom. The van der Waals surface area contributed by atoms with Crippen molar-refractivity contribution in [2.45, 2.75) is 6.54 Å². The largest absolute Gasteiger partial charge is 0.383 e. The molecule has 0 N–H and O–H groups in total. The molecule has 1 saturated heterocycles. The van der Waals surface area contributed by atoms with Gasteiger partial charge in [0.25, 0.3) is 5.56 Å². The van der Waals surface area contributed by atoms with Gasteiger partial charge in [0.05, 0.1) is 12.9 Å². The molecule has 10 nitrogen and oxygen atoms in total. The topological polar surface area (TPSA) is 93.7 Å². The number of pyridine rings is 1. The fraction of sp³-hybridized carbons (Fsp3) is 0.350. The van der Waals surface area contributed by atoms with Crippen molar-refractivity contribution < 1.29 is 4.74 Å². The molecule has 4 aromatic rings. The smallest absolute Gasteiger partial charge is 0.259 e. The first kappa shape index (κ1) is 18.5. The van der Waals surface area contributed by atoms with Crippen LogP contribution in [0.25, 0.3) is 16.8 Å². The zero-order valence-corrected chi connectivity index (χ0v) is 16.7. The van der Waals surface area contributed by atoms with Crippen molar-refractivity contribution >= 4 is 28.4 Å². The molecule has 30 heavy (non-hydrogen) atoms. The first-order chi connectivity index (χ1) is 14.7. The molecular formula is C20H22N8O2. The van der Waals surface area contributed by atoms with E-state index in [4.69, 9.17) is 4.74 Å². The van der Waals surface area contributed by atoms with Crippen LogP contribution in [0.15, 0.2) is 47.9 Å². The molecule has 1 aliphatic heterocycles. The normalized spacial score (nSPS) is 14.7. The fourth-order valence-corrected chi connectivity index (χ4v) is 3.80. The molecule has 0 aliphatic carbocycles. The summed E-state index contributed by atoms with van der Waals surface area (Å²) in [7, 11) is 1.68. The van der Waals surface area contributed by atoms with Crippen LogP contribution in [0.2, 0.25) is 0 Å². The van der Waals surface area contributed by atoms with Crippen molar-refractivity contribution in [2.75, 3.05) is 49.7 Å². The highest BCUT2D eigenvalue weighted by atomic mass is 16.5. The van der Waals surface area contributed by atoms with Crippen LogP contribution in [0.5, 0.6) is 0 Å². The van der Waals surface area contributed by atoms with Gasteiger partial charge in [-0.25, -0.2) is 19.9 Å². The highest BCUT2D eigenvalue weighted by molar-refractivity contribution is 5.83. The Kier molecular flexibility index (Phi) is 4.75. The minimum Gasteiger partial charge on any atom is -0.383 e. The Morgan fingerprint density at radius 1 is 1.07 bits per heavy atom. The zero-order valence-electron chi connectivity index (χ0n) is 16.7. The van der Waals surface area contributed by atoms with Gasteiger partial charge < -0.3 is 19.1 Å². The van der Waals surface area contributed by atoms with E-state index < -0.39 is 0 Å². The lowest BCUT2D eigenvalue weighted by Crippen LogP contribution is -2.47. The van der Waals surface area contributed by atoms with E-state index in [0.717, 1.165) is 43.2 Å². The van der Waals surface area contributed by atoms with E-state index in [0.29, 0.717) is 24.6 Å². The van der Waals surface area contributed by atoms with Crippen LogP contribution in [0.4, 0.5) is 11.6 Å². The lowest BCUT2D eigenvalue weighted by molar-refractivity contribution is 0.188. The number of piperazine rings is 1. The predicted molar refractivity (Wildman–Crippen MR) is 113 cm³/mol. The van der Waals surface area contributed by atoms with Gasteiger partial charge in [0.1, 0.15) is 17.8 Å².